The molecule has 1 aliphatic rings. The van der Waals surface area contributed by atoms with Crippen molar-refractivity contribution < 1.29 is 14.4 Å². The highest BCUT2D eigenvalue weighted by Crippen LogP contribution is 2.10. The van der Waals surface area contributed by atoms with E-state index in [0.717, 1.165) is 6.42 Å². The zero-order valence-electron chi connectivity index (χ0n) is 10.2. The molecule has 1 rings (SSSR count). The highest BCUT2D eigenvalue weighted by atomic mass is 16.2. The topological polar surface area (TPSA) is 87.3 Å². The molecule has 0 aromatic carbocycles. The largest absolute Gasteiger partial charge is 0.356 e. The SMILES string of the molecule is CC(C)CCNC(=O)CCC1C(=O)NNC1=O. The Morgan fingerprint density at radius 3 is 2.41 bits per heavy atom. The Labute approximate surface area is 100 Å². The van der Waals surface area contributed by atoms with Gasteiger partial charge in [-0.2, -0.15) is 0 Å². The zero-order valence-corrected chi connectivity index (χ0v) is 10.2. The van der Waals surface area contributed by atoms with E-state index < -0.39 is 5.92 Å². The van der Waals surface area contributed by atoms with E-state index in [-0.39, 0.29) is 30.6 Å². The Morgan fingerprint density at radius 1 is 1.29 bits per heavy atom. The molecule has 0 saturated carbocycles. The first kappa shape index (κ1) is 13.5. The minimum Gasteiger partial charge on any atom is -0.356 e. The maximum absolute atomic E-state index is 11.4. The molecule has 0 aromatic rings. The summed E-state index contributed by atoms with van der Waals surface area (Å²) in [7, 11) is 0. The number of hydrazine groups is 1. The lowest BCUT2D eigenvalue weighted by atomic mass is 10.0. The van der Waals surface area contributed by atoms with Crippen LogP contribution >= 0.6 is 0 Å². The molecule has 1 fully saturated rings. The molecule has 6 nitrogen and oxygen atoms in total. The number of carbonyl (C=O) groups excluding carboxylic acids is 3. The molecule has 17 heavy (non-hydrogen) atoms. The van der Waals surface area contributed by atoms with Gasteiger partial charge in [0.25, 0.3) is 11.8 Å². The van der Waals surface area contributed by atoms with E-state index in [1.807, 2.05) is 0 Å². The van der Waals surface area contributed by atoms with E-state index in [9.17, 15) is 14.4 Å². The molecule has 3 N–H and O–H groups in total. The van der Waals surface area contributed by atoms with Crippen LogP contribution in [0.4, 0.5) is 0 Å². The number of rotatable bonds is 6. The summed E-state index contributed by atoms with van der Waals surface area (Å²) in [5.41, 5.74) is 4.46. The zero-order chi connectivity index (χ0) is 12.8. The molecule has 0 unspecified atom stereocenters. The van der Waals surface area contributed by atoms with Crippen LogP contribution in [-0.4, -0.2) is 24.3 Å². The second-order valence-corrected chi connectivity index (χ2v) is 4.60. The Bertz CT molecular complexity index is 299. The van der Waals surface area contributed by atoms with Gasteiger partial charge in [-0.3, -0.25) is 25.2 Å². The van der Waals surface area contributed by atoms with Crippen LogP contribution in [0.5, 0.6) is 0 Å². The maximum atomic E-state index is 11.4. The summed E-state index contributed by atoms with van der Waals surface area (Å²) in [6, 6.07) is 0. The first-order valence-corrected chi connectivity index (χ1v) is 5.87. The molecule has 0 aliphatic carbocycles. The lowest BCUT2D eigenvalue weighted by molar-refractivity contribution is -0.128. The van der Waals surface area contributed by atoms with Gasteiger partial charge in [0.05, 0.1) is 0 Å². The Balaban J connectivity index is 2.19. The van der Waals surface area contributed by atoms with E-state index in [0.29, 0.717) is 12.5 Å². The maximum Gasteiger partial charge on any atom is 0.251 e. The van der Waals surface area contributed by atoms with Crippen molar-refractivity contribution >= 4 is 17.7 Å². The summed E-state index contributed by atoms with van der Waals surface area (Å²) >= 11 is 0. The van der Waals surface area contributed by atoms with Crippen molar-refractivity contribution in [1.29, 1.82) is 0 Å². The van der Waals surface area contributed by atoms with Gasteiger partial charge in [-0.1, -0.05) is 13.8 Å². The minimum atomic E-state index is -0.731. The van der Waals surface area contributed by atoms with Crippen molar-refractivity contribution in [2.75, 3.05) is 6.54 Å². The normalized spacial score (nSPS) is 15.9. The fourth-order valence-corrected chi connectivity index (χ4v) is 1.54. The van der Waals surface area contributed by atoms with Gasteiger partial charge in [-0.25, -0.2) is 0 Å². The molecule has 0 atom stereocenters. The second kappa shape index (κ2) is 6.22. The quantitative estimate of drug-likeness (QED) is 0.558. The molecule has 6 heteroatoms. The summed E-state index contributed by atoms with van der Waals surface area (Å²) in [4.78, 5) is 33.8. The fraction of sp³-hybridized carbons (Fsp3) is 0.727. The molecule has 1 aliphatic heterocycles. The standard InChI is InChI=1S/C11H19N3O3/c1-7(2)5-6-12-9(15)4-3-8-10(16)13-14-11(8)17/h7-8H,3-6H2,1-2H3,(H,12,15)(H,13,16)(H,14,17). The molecular formula is C11H19N3O3. The predicted molar refractivity (Wildman–Crippen MR) is 61.5 cm³/mol. The van der Waals surface area contributed by atoms with Crippen LogP contribution < -0.4 is 16.2 Å². The van der Waals surface area contributed by atoms with Crippen molar-refractivity contribution in [2.45, 2.75) is 33.1 Å². The lowest BCUT2D eigenvalue weighted by Gasteiger charge is -2.07. The van der Waals surface area contributed by atoms with Crippen molar-refractivity contribution in [3.63, 3.8) is 0 Å². The number of hydrogen-bond donors (Lipinski definition) is 3. The molecule has 3 amide bonds. The number of amides is 3. The summed E-state index contributed by atoms with van der Waals surface area (Å²) < 4.78 is 0. The van der Waals surface area contributed by atoms with Gasteiger partial charge in [-0.15, -0.1) is 0 Å². The van der Waals surface area contributed by atoms with Crippen LogP contribution in [0.25, 0.3) is 0 Å². The summed E-state index contributed by atoms with van der Waals surface area (Å²) in [6.07, 6.45) is 1.38. The van der Waals surface area contributed by atoms with Crippen molar-refractivity contribution in [1.82, 2.24) is 16.2 Å². The van der Waals surface area contributed by atoms with E-state index in [1.54, 1.807) is 0 Å². The van der Waals surface area contributed by atoms with Crippen LogP contribution in [-0.2, 0) is 14.4 Å². The number of hydrogen-bond acceptors (Lipinski definition) is 3. The van der Waals surface area contributed by atoms with Gasteiger partial charge in [0.2, 0.25) is 5.91 Å². The number of nitrogens with one attached hydrogen (secondary N) is 3. The minimum absolute atomic E-state index is 0.113. The van der Waals surface area contributed by atoms with Gasteiger partial charge in [0, 0.05) is 13.0 Å². The number of carbonyl (C=O) groups is 3. The average Bonchev–Trinajstić information content (AvgIpc) is 2.55. The van der Waals surface area contributed by atoms with E-state index >= 15 is 0 Å². The van der Waals surface area contributed by atoms with Gasteiger partial charge < -0.3 is 5.32 Å². The predicted octanol–water partition coefficient (Wildman–Crippen LogP) is -0.294. The average molecular weight is 241 g/mol. The summed E-state index contributed by atoms with van der Waals surface area (Å²) in [6.45, 7) is 4.80. The van der Waals surface area contributed by atoms with Crippen LogP contribution in [0.2, 0.25) is 0 Å². The third-order valence-corrected chi connectivity index (χ3v) is 2.65. The Hall–Kier alpha value is -1.59. The molecule has 0 spiro atoms. The molecule has 1 saturated heterocycles. The molecule has 1 heterocycles. The van der Waals surface area contributed by atoms with Crippen LogP contribution in [0, 0.1) is 11.8 Å². The monoisotopic (exact) mass is 241 g/mol. The molecule has 96 valence electrons. The van der Waals surface area contributed by atoms with E-state index in [4.69, 9.17) is 0 Å². The molecule has 0 radical (unpaired) electrons. The highest BCUT2D eigenvalue weighted by Gasteiger charge is 2.32. The van der Waals surface area contributed by atoms with Crippen molar-refractivity contribution in [3.8, 4) is 0 Å². The van der Waals surface area contributed by atoms with Crippen LogP contribution in [0.15, 0.2) is 0 Å². The third kappa shape index (κ3) is 4.42. The smallest absolute Gasteiger partial charge is 0.251 e. The summed E-state index contributed by atoms with van der Waals surface area (Å²) in [5.74, 6) is -1.01. The van der Waals surface area contributed by atoms with E-state index in [1.165, 1.54) is 0 Å². The molecule has 0 bridgehead atoms. The van der Waals surface area contributed by atoms with Crippen LogP contribution in [0.3, 0.4) is 0 Å². The molecular weight excluding hydrogens is 222 g/mol. The van der Waals surface area contributed by atoms with Gasteiger partial charge in [0.1, 0.15) is 5.92 Å². The summed E-state index contributed by atoms with van der Waals surface area (Å²) in [5, 5.41) is 2.77. The highest BCUT2D eigenvalue weighted by molar-refractivity contribution is 6.05. The Kier molecular flexibility index (Phi) is 4.93. The van der Waals surface area contributed by atoms with Gasteiger partial charge in [0.15, 0.2) is 0 Å². The second-order valence-electron chi connectivity index (χ2n) is 4.60. The van der Waals surface area contributed by atoms with E-state index in [2.05, 4.69) is 30.0 Å². The van der Waals surface area contributed by atoms with Crippen molar-refractivity contribution in [2.24, 2.45) is 11.8 Å². The fourth-order valence-electron chi connectivity index (χ4n) is 1.54. The third-order valence-electron chi connectivity index (χ3n) is 2.65. The first-order valence-electron chi connectivity index (χ1n) is 5.87. The molecule has 0 aromatic heterocycles. The Morgan fingerprint density at radius 2 is 1.88 bits per heavy atom. The van der Waals surface area contributed by atoms with Crippen molar-refractivity contribution in [3.05, 3.63) is 0 Å². The van der Waals surface area contributed by atoms with Gasteiger partial charge in [-0.05, 0) is 18.8 Å². The lowest BCUT2D eigenvalue weighted by Crippen LogP contribution is -2.28. The first-order chi connectivity index (χ1) is 8.00. The van der Waals surface area contributed by atoms with Crippen LogP contribution in [0.1, 0.15) is 33.1 Å². The van der Waals surface area contributed by atoms with Gasteiger partial charge >= 0.3 is 0 Å².